The molecular formula is C21H29NO3S. The second kappa shape index (κ2) is 7.03. The van der Waals surface area contributed by atoms with Crippen molar-refractivity contribution in [1.29, 1.82) is 0 Å². The summed E-state index contributed by atoms with van der Waals surface area (Å²) in [6, 6.07) is 5.50. The first-order chi connectivity index (χ1) is 11.8. The van der Waals surface area contributed by atoms with E-state index in [1.54, 1.807) is 18.5 Å². The lowest BCUT2D eigenvalue weighted by Gasteiger charge is -2.28. The number of carbonyl (C=O) groups excluding carboxylic acids is 1. The molecule has 0 radical (unpaired) electrons. The van der Waals surface area contributed by atoms with Crippen LogP contribution in [-0.4, -0.2) is 26.3 Å². The van der Waals surface area contributed by atoms with Crippen molar-refractivity contribution in [2.45, 2.75) is 63.8 Å². The van der Waals surface area contributed by atoms with Crippen LogP contribution in [0.5, 0.6) is 5.75 Å². The van der Waals surface area contributed by atoms with E-state index in [4.69, 9.17) is 0 Å². The molecule has 4 nitrogen and oxygen atoms in total. The Kier molecular flexibility index (Phi) is 5.52. The molecule has 2 rings (SSSR count). The number of hydrogen-bond acceptors (Lipinski definition) is 3. The number of aromatic amines is 1. The summed E-state index contributed by atoms with van der Waals surface area (Å²) >= 11 is 0. The Morgan fingerprint density at radius 3 is 1.92 bits per heavy atom. The number of ketones is 1. The topological polar surface area (TPSA) is 70.2 Å². The van der Waals surface area contributed by atoms with Crippen LogP contribution in [0.4, 0.5) is 0 Å². The maximum Gasteiger partial charge on any atom is 0.168 e. The standard InChI is InChI=1S/C21H29NO3S/c1-20(2,3)15-8-13(9-16(19(15)24)21(4,5)6)10-17(23)14-11-18(22-12-14)26(7)25/h8-9,11-12,22,24H,10H2,1-7H3. The van der Waals surface area contributed by atoms with E-state index in [1.807, 2.05) is 12.1 Å². The molecule has 0 aliphatic carbocycles. The fourth-order valence-corrected chi connectivity index (χ4v) is 3.45. The zero-order chi connectivity index (χ0) is 19.9. The second-order valence-corrected chi connectivity index (χ2v) is 10.2. The summed E-state index contributed by atoms with van der Waals surface area (Å²) in [7, 11) is -1.15. The summed E-state index contributed by atoms with van der Waals surface area (Å²) in [5.74, 6) is 0.273. The van der Waals surface area contributed by atoms with Gasteiger partial charge in [0.05, 0.1) is 10.8 Å². The summed E-state index contributed by atoms with van der Waals surface area (Å²) < 4.78 is 11.5. The average molecular weight is 376 g/mol. The van der Waals surface area contributed by atoms with E-state index in [0.717, 1.165) is 16.7 Å². The van der Waals surface area contributed by atoms with Gasteiger partial charge in [-0.2, -0.15) is 0 Å². The Morgan fingerprint density at radius 1 is 1.04 bits per heavy atom. The number of Topliss-reactive ketones (excluding diaryl/α,β-unsaturated/α-hetero) is 1. The van der Waals surface area contributed by atoms with Crippen molar-refractivity contribution in [3.8, 4) is 5.75 Å². The lowest BCUT2D eigenvalue weighted by Crippen LogP contribution is -2.18. The van der Waals surface area contributed by atoms with Crippen LogP contribution in [0, 0.1) is 0 Å². The zero-order valence-electron chi connectivity index (χ0n) is 16.7. The molecular weight excluding hydrogens is 346 g/mol. The molecule has 2 N–H and O–H groups in total. The van der Waals surface area contributed by atoms with E-state index in [1.165, 1.54) is 0 Å². The number of phenols is 1. The van der Waals surface area contributed by atoms with Gasteiger partial charge >= 0.3 is 0 Å². The highest BCUT2D eigenvalue weighted by molar-refractivity contribution is 7.84. The third-order valence-electron chi connectivity index (χ3n) is 4.44. The molecule has 0 spiro atoms. The van der Waals surface area contributed by atoms with Gasteiger partial charge in [0.1, 0.15) is 10.8 Å². The first-order valence-electron chi connectivity index (χ1n) is 8.72. The minimum atomic E-state index is -1.15. The highest BCUT2D eigenvalue weighted by Gasteiger charge is 2.27. The van der Waals surface area contributed by atoms with Crippen LogP contribution in [0.3, 0.4) is 0 Å². The molecule has 0 amide bonds. The van der Waals surface area contributed by atoms with Crippen molar-refractivity contribution < 1.29 is 14.1 Å². The smallest absolute Gasteiger partial charge is 0.168 e. The molecule has 5 heteroatoms. The van der Waals surface area contributed by atoms with Crippen LogP contribution in [0.25, 0.3) is 0 Å². The number of benzene rings is 1. The van der Waals surface area contributed by atoms with Crippen molar-refractivity contribution in [2.75, 3.05) is 6.26 Å². The molecule has 0 aliphatic heterocycles. The number of aromatic hydroxyl groups is 1. The van der Waals surface area contributed by atoms with Gasteiger partial charge in [0, 0.05) is 24.4 Å². The number of nitrogens with one attached hydrogen (secondary N) is 1. The highest BCUT2D eigenvalue weighted by Crippen LogP contribution is 2.40. The van der Waals surface area contributed by atoms with Crippen LogP contribution in [0.1, 0.15) is 68.6 Å². The fraction of sp³-hybridized carbons (Fsp3) is 0.476. The first-order valence-corrected chi connectivity index (χ1v) is 10.3. The minimum Gasteiger partial charge on any atom is -0.507 e. The third-order valence-corrected chi connectivity index (χ3v) is 5.29. The lowest BCUT2D eigenvalue weighted by molar-refractivity contribution is 0.0993. The van der Waals surface area contributed by atoms with E-state index in [9.17, 15) is 14.1 Å². The lowest BCUT2D eigenvalue weighted by atomic mass is 9.78. The second-order valence-electron chi connectivity index (χ2n) is 8.85. The summed E-state index contributed by atoms with van der Waals surface area (Å²) in [4.78, 5) is 15.6. The third kappa shape index (κ3) is 4.44. The van der Waals surface area contributed by atoms with Gasteiger partial charge in [-0.1, -0.05) is 53.7 Å². The maximum absolute atomic E-state index is 12.7. The number of aromatic nitrogens is 1. The van der Waals surface area contributed by atoms with E-state index >= 15 is 0 Å². The van der Waals surface area contributed by atoms with Crippen molar-refractivity contribution in [3.05, 3.63) is 46.6 Å². The van der Waals surface area contributed by atoms with Crippen molar-refractivity contribution in [3.63, 3.8) is 0 Å². The number of H-pyrrole nitrogens is 1. The maximum atomic E-state index is 12.7. The van der Waals surface area contributed by atoms with Crippen LogP contribution in [0.15, 0.2) is 29.4 Å². The zero-order valence-corrected chi connectivity index (χ0v) is 17.5. The van der Waals surface area contributed by atoms with E-state index in [-0.39, 0.29) is 23.0 Å². The Hall–Kier alpha value is -1.88. The molecule has 1 aromatic carbocycles. The van der Waals surface area contributed by atoms with Gasteiger partial charge in [-0.15, -0.1) is 0 Å². The molecule has 0 saturated heterocycles. The molecule has 1 unspecified atom stereocenters. The van der Waals surface area contributed by atoms with Gasteiger partial charge in [-0.05, 0) is 33.6 Å². The molecule has 0 fully saturated rings. The van der Waals surface area contributed by atoms with Gasteiger partial charge in [0.15, 0.2) is 5.78 Å². The monoisotopic (exact) mass is 375 g/mol. The summed E-state index contributed by atoms with van der Waals surface area (Å²) in [5, 5.41) is 11.3. The quantitative estimate of drug-likeness (QED) is 0.774. The molecule has 0 aliphatic rings. The van der Waals surface area contributed by atoms with Gasteiger partial charge in [0.2, 0.25) is 0 Å². The predicted octanol–water partition coefficient (Wildman–Crippen LogP) is 4.48. The van der Waals surface area contributed by atoms with Crippen LogP contribution in [0.2, 0.25) is 0 Å². The minimum absolute atomic E-state index is 0.0386. The predicted molar refractivity (Wildman–Crippen MR) is 107 cm³/mol. The van der Waals surface area contributed by atoms with Crippen LogP contribution >= 0.6 is 0 Å². The summed E-state index contributed by atoms with van der Waals surface area (Å²) in [5.41, 5.74) is 2.63. The number of phenolic OH excluding ortho intramolecular Hbond substituents is 1. The molecule has 1 atom stereocenters. The van der Waals surface area contributed by atoms with Crippen molar-refractivity contribution >= 4 is 16.6 Å². The molecule has 1 aromatic heterocycles. The molecule has 26 heavy (non-hydrogen) atoms. The molecule has 0 bridgehead atoms. The van der Waals surface area contributed by atoms with E-state index in [2.05, 4.69) is 46.5 Å². The first kappa shape index (κ1) is 20.4. The largest absolute Gasteiger partial charge is 0.507 e. The van der Waals surface area contributed by atoms with Crippen molar-refractivity contribution in [2.24, 2.45) is 0 Å². The average Bonchev–Trinajstić information content (AvgIpc) is 2.96. The Balaban J connectivity index is 2.45. The summed E-state index contributed by atoms with van der Waals surface area (Å²) in [6.45, 7) is 12.3. The Labute approximate surface area is 158 Å². The highest BCUT2D eigenvalue weighted by atomic mass is 32.2. The van der Waals surface area contributed by atoms with Gasteiger partial charge in [-0.25, -0.2) is 0 Å². The molecule has 1 heterocycles. The van der Waals surface area contributed by atoms with E-state index in [0.29, 0.717) is 16.3 Å². The van der Waals surface area contributed by atoms with Gasteiger partial charge in [-0.3, -0.25) is 9.00 Å². The SMILES string of the molecule is CS(=O)c1cc(C(=O)Cc2cc(C(C)(C)C)c(O)c(C(C)(C)C)c2)c[nH]1. The molecule has 2 aromatic rings. The van der Waals surface area contributed by atoms with Gasteiger partial charge < -0.3 is 10.1 Å². The normalized spacial score (nSPS) is 13.7. The Bertz CT molecular complexity index is 816. The fourth-order valence-electron chi connectivity index (χ4n) is 2.93. The molecule has 0 saturated carbocycles. The molecule has 142 valence electrons. The van der Waals surface area contributed by atoms with Crippen molar-refractivity contribution in [1.82, 2.24) is 4.98 Å². The summed E-state index contributed by atoms with van der Waals surface area (Å²) in [6.07, 6.45) is 3.42. The number of carbonyl (C=O) groups is 1. The number of rotatable bonds is 4. The Morgan fingerprint density at radius 2 is 1.54 bits per heavy atom. The van der Waals surface area contributed by atoms with Crippen LogP contribution < -0.4 is 0 Å². The van der Waals surface area contributed by atoms with E-state index < -0.39 is 10.8 Å². The number of hydrogen-bond donors (Lipinski definition) is 2. The van der Waals surface area contributed by atoms with Crippen LogP contribution in [-0.2, 0) is 28.1 Å². The van der Waals surface area contributed by atoms with Gasteiger partial charge in [0.25, 0.3) is 0 Å².